The smallest absolute Gasteiger partial charge is 0.205 e. The van der Waals surface area contributed by atoms with Gasteiger partial charge in [-0.3, -0.25) is 0 Å². The highest BCUT2D eigenvalue weighted by atomic mass is 32.1. The van der Waals surface area contributed by atoms with Gasteiger partial charge in [-0.2, -0.15) is 9.36 Å². The molecule has 2 heterocycles. The largest absolute Gasteiger partial charge is 0.344 e. The molecule has 1 N–H and O–H groups in total. The normalized spacial score (nSPS) is 15.9. The Morgan fingerprint density at radius 3 is 2.89 bits per heavy atom. The van der Waals surface area contributed by atoms with Gasteiger partial charge in [-0.15, -0.1) is 0 Å². The number of hydrogen-bond acceptors (Lipinski definition) is 5. The van der Waals surface area contributed by atoms with E-state index in [1.807, 2.05) is 6.07 Å². The first-order chi connectivity index (χ1) is 8.83. The Morgan fingerprint density at radius 2 is 2.11 bits per heavy atom. The molecule has 0 radical (unpaired) electrons. The van der Waals surface area contributed by atoms with E-state index in [1.54, 1.807) is 6.07 Å². The Morgan fingerprint density at radius 1 is 1.28 bits per heavy atom. The van der Waals surface area contributed by atoms with Gasteiger partial charge in [0.05, 0.1) is 0 Å². The molecule has 1 fully saturated rings. The van der Waals surface area contributed by atoms with E-state index in [0.717, 1.165) is 36.9 Å². The van der Waals surface area contributed by atoms with Crippen molar-refractivity contribution in [3.8, 4) is 11.4 Å². The molecule has 0 aliphatic carbocycles. The molecule has 3 rings (SSSR count). The second-order valence-corrected chi connectivity index (χ2v) is 4.88. The molecule has 1 aromatic carbocycles. The number of aromatic nitrogens is 2. The summed E-state index contributed by atoms with van der Waals surface area (Å²) >= 11 is 1.37. The van der Waals surface area contributed by atoms with Gasteiger partial charge in [0.15, 0.2) is 5.82 Å². The van der Waals surface area contributed by atoms with Crippen molar-refractivity contribution >= 4 is 16.7 Å². The van der Waals surface area contributed by atoms with E-state index in [4.69, 9.17) is 0 Å². The molecule has 6 heteroatoms. The van der Waals surface area contributed by atoms with Crippen LogP contribution in [0, 0.1) is 5.82 Å². The van der Waals surface area contributed by atoms with Gasteiger partial charge in [0, 0.05) is 43.3 Å². The first-order valence-electron chi connectivity index (χ1n) is 5.88. The number of nitrogens with one attached hydrogen (secondary N) is 1. The van der Waals surface area contributed by atoms with E-state index < -0.39 is 0 Å². The van der Waals surface area contributed by atoms with Gasteiger partial charge >= 0.3 is 0 Å². The van der Waals surface area contributed by atoms with Gasteiger partial charge in [-0.05, 0) is 12.1 Å². The SMILES string of the molecule is Fc1cccc(-c2nsc(N3CCNCC3)n2)c1. The molecule has 0 spiro atoms. The summed E-state index contributed by atoms with van der Waals surface area (Å²) in [5.41, 5.74) is 0.729. The number of piperazine rings is 1. The third-order valence-corrected chi connectivity index (χ3v) is 3.66. The fourth-order valence-electron chi connectivity index (χ4n) is 1.94. The number of nitrogens with zero attached hydrogens (tertiary/aromatic N) is 3. The molecule has 94 valence electrons. The van der Waals surface area contributed by atoms with E-state index in [1.165, 1.54) is 23.7 Å². The summed E-state index contributed by atoms with van der Waals surface area (Å²) in [6.45, 7) is 3.82. The molecule has 2 aromatic rings. The summed E-state index contributed by atoms with van der Waals surface area (Å²) in [7, 11) is 0. The van der Waals surface area contributed by atoms with Crippen molar-refractivity contribution in [3.05, 3.63) is 30.1 Å². The quantitative estimate of drug-likeness (QED) is 0.897. The van der Waals surface area contributed by atoms with Crippen LogP contribution in [0.5, 0.6) is 0 Å². The average Bonchev–Trinajstić information content (AvgIpc) is 2.89. The summed E-state index contributed by atoms with van der Waals surface area (Å²) in [6.07, 6.45) is 0. The van der Waals surface area contributed by atoms with E-state index >= 15 is 0 Å². The maximum atomic E-state index is 13.1. The summed E-state index contributed by atoms with van der Waals surface area (Å²) in [5, 5.41) is 4.21. The highest BCUT2D eigenvalue weighted by molar-refractivity contribution is 7.09. The zero-order chi connectivity index (χ0) is 12.4. The molecule has 0 unspecified atom stereocenters. The van der Waals surface area contributed by atoms with Crippen molar-refractivity contribution in [3.63, 3.8) is 0 Å². The van der Waals surface area contributed by atoms with Crippen LogP contribution >= 0.6 is 11.5 Å². The Kier molecular flexibility index (Phi) is 3.21. The lowest BCUT2D eigenvalue weighted by Crippen LogP contribution is -2.43. The fraction of sp³-hybridized carbons (Fsp3) is 0.333. The first kappa shape index (κ1) is 11.6. The molecule has 1 aliphatic heterocycles. The van der Waals surface area contributed by atoms with E-state index in [-0.39, 0.29) is 5.82 Å². The Balaban J connectivity index is 1.84. The molecule has 0 amide bonds. The van der Waals surface area contributed by atoms with E-state index in [2.05, 4.69) is 19.6 Å². The van der Waals surface area contributed by atoms with Crippen molar-refractivity contribution in [2.75, 3.05) is 31.1 Å². The van der Waals surface area contributed by atoms with Crippen molar-refractivity contribution in [1.29, 1.82) is 0 Å². The first-order valence-corrected chi connectivity index (χ1v) is 6.65. The van der Waals surface area contributed by atoms with Crippen LogP contribution in [-0.2, 0) is 0 Å². The van der Waals surface area contributed by atoms with Crippen LogP contribution in [0.1, 0.15) is 0 Å². The summed E-state index contributed by atoms with van der Waals surface area (Å²) < 4.78 is 17.4. The third-order valence-electron chi connectivity index (χ3n) is 2.89. The summed E-state index contributed by atoms with van der Waals surface area (Å²) in [5.74, 6) is 0.346. The fourth-order valence-corrected chi connectivity index (χ4v) is 2.68. The lowest BCUT2D eigenvalue weighted by molar-refractivity contribution is 0.588. The van der Waals surface area contributed by atoms with Gasteiger partial charge in [0.2, 0.25) is 5.13 Å². The lowest BCUT2D eigenvalue weighted by atomic mass is 10.2. The molecule has 0 atom stereocenters. The minimum Gasteiger partial charge on any atom is -0.344 e. The van der Waals surface area contributed by atoms with Gasteiger partial charge in [-0.25, -0.2) is 4.39 Å². The number of rotatable bonds is 2. The zero-order valence-electron chi connectivity index (χ0n) is 9.77. The molecular weight excluding hydrogens is 251 g/mol. The molecule has 18 heavy (non-hydrogen) atoms. The Hall–Kier alpha value is -1.53. The standard InChI is InChI=1S/C12H13FN4S/c13-10-3-1-2-9(8-10)11-15-12(18-16-11)17-6-4-14-5-7-17/h1-3,8,14H,4-7H2. The molecular formula is C12H13FN4S. The van der Waals surface area contributed by atoms with Crippen LogP contribution in [-0.4, -0.2) is 35.5 Å². The highest BCUT2D eigenvalue weighted by Crippen LogP contribution is 2.24. The number of hydrogen-bond donors (Lipinski definition) is 1. The predicted octanol–water partition coefficient (Wildman–Crippen LogP) is 1.75. The van der Waals surface area contributed by atoms with Crippen molar-refractivity contribution in [2.45, 2.75) is 0 Å². The van der Waals surface area contributed by atoms with Crippen LogP contribution in [0.25, 0.3) is 11.4 Å². The van der Waals surface area contributed by atoms with E-state index in [0.29, 0.717) is 5.82 Å². The second kappa shape index (κ2) is 4.99. The predicted molar refractivity (Wildman–Crippen MR) is 70.4 cm³/mol. The zero-order valence-corrected chi connectivity index (χ0v) is 10.6. The Bertz CT molecular complexity index is 536. The van der Waals surface area contributed by atoms with E-state index in [9.17, 15) is 4.39 Å². The third kappa shape index (κ3) is 2.34. The molecule has 0 saturated carbocycles. The lowest BCUT2D eigenvalue weighted by Gasteiger charge is -2.26. The number of anilines is 1. The van der Waals surface area contributed by atoms with Crippen molar-refractivity contribution in [2.24, 2.45) is 0 Å². The molecule has 1 aromatic heterocycles. The van der Waals surface area contributed by atoms with Gasteiger partial charge in [-0.1, -0.05) is 12.1 Å². The molecule has 1 saturated heterocycles. The second-order valence-electron chi connectivity index (χ2n) is 4.15. The van der Waals surface area contributed by atoms with Gasteiger partial charge in [0.25, 0.3) is 0 Å². The molecule has 1 aliphatic rings. The maximum Gasteiger partial charge on any atom is 0.205 e. The highest BCUT2D eigenvalue weighted by Gasteiger charge is 2.15. The van der Waals surface area contributed by atoms with Crippen LogP contribution in [0.3, 0.4) is 0 Å². The van der Waals surface area contributed by atoms with Crippen molar-refractivity contribution < 1.29 is 4.39 Å². The Labute approximate surface area is 109 Å². The minimum absolute atomic E-state index is 0.258. The summed E-state index contributed by atoms with van der Waals surface area (Å²) in [4.78, 5) is 6.69. The topological polar surface area (TPSA) is 41.1 Å². The van der Waals surface area contributed by atoms with Crippen LogP contribution in [0.15, 0.2) is 24.3 Å². The molecule has 0 bridgehead atoms. The average molecular weight is 264 g/mol. The van der Waals surface area contributed by atoms with Gasteiger partial charge < -0.3 is 10.2 Å². The number of benzene rings is 1. The van der Waals surface area contributed by atoms with Gasteiger partial charge in [0.1, 0.15) is 5.82 Å². The van der Waals surface area contributed by atoms with Crippen LogP contribution in [0.4, 0.5) is 9.52 Å². The molecule has 4 nitrogen and oxygen atoms in total. The van der Waals surface area contributed by atoms with Crippen molar-refractivity contribution in [1.82, 2.24) is 14.7 Å². The van der Waals surface area contributed by atoms with Crippen LogP contribution in [0.2, 0.25) is 0 Å². The maximum absolute atomic E-state index is 13.1. The summed E-state index contributed by atoms with van der Waals surface area (Å²) in [6, 6.07) is 6.39. The minimum atomic E-state index is -0.258. The number of halogens is 1. The monoisotopic (exact) mass is 264 g/mol. The van der Waals surface area contributed by atoms with Crippen LogP contribution < -0.4 is 10.2 Å².